The second-order valence-electron chi connectivity index (χ2n) is 4.62. The normalized spacial score (nSPS) is 19.6. The van der Waals surface area contributed by atoms with Crippen molar-refractivity contribution in [1.82, 2.24) is 4.90 Å². The zero-order chi connectivity index (χ0) is 13.8. The summed E-state index contributed by atoms with van der Waals surface area (Å²) in [5.74, 6) is -1.69. The molecule has 0 aliphatic carbocycles. The maximum Gasteiger partial charge on any atom is 0.238 e. The third-order valence-corrected chi connectivity index (χ3v) is 3.26. The van der Waals surface area contributed by atoms with Gasteiger partial charge in [0.05, 0.1) is 18.8 Å². The fraction of sp³-hybridized carbons (Fsp3) is 0.462. The van der Waals surface area contributed by atoms with E-state index in [9.17, 15) is 13.6 Å². The van der Waals surface area contributed by atoms with Crippen molar-refractivity contribution in [3.8, 4) is 0 Å². The Morgan fingerprint density at radius 1 is 1.47 bits per heavy atom. The van der Waals surface area contributed by atoms with E-state index >= 15 is 0 Å². The van der Waals surface area contributed by atoms with E-state index in [1.165, 1.54) is 0 Å². The van der Waals surface area contributed by atoms with Crippen LogP contribution in [0.5, 0.6) is 0 Å². The number of nitrogens with zero attached hydrogens (tertiary/aromatic N) is 1. The Morgan fingerprint density at radius 3 is 3.00 bits per heavy atom. The smallest absolute Gasteiger partial charge is 0.238 e. The number of aliphatic hydroxyl groups is 1. The van der Waals surface area contributed by atoms with Crippen molar-refractivity contribution in [2.75, 3.05) is 25.0 Å². The van der Waals surface area contributed by atoms with Gasteiger partial charge in [-0.15, -0.1) is 0 Å². The maximum atomic E-state index is 13.4. The van der Waals surface area contributed by atoms with Gasteiger partial charge in [0.2, 0.25) is 5.91 Å². The summed E-state index contributed by atoms with van der Waals surface area (Å²) in [5, 5.41) is 11.5. The van der Waals surface area contributed by atoms with Gasteiger partial charge in [-0.05, 0) is 31.5 Å². The molecule has 1 aliphatic rings. The highest BCUT2D eigenvalue weighted by molar-refractivity contribution is 5.92. The topological polar surface area (TPSA) is 52.6 Å². The van der Waals surface area contributed by atoms with Crippen molar-refractivity contribution in [3.63, 3.8) is 0 Å². The van der Waals surface area contributed by atoms with Gasteiger partial charge in [-0.2, -0.15) is 0 Å². The number of amides is 1. The Bertz CT molecular complexity index is 468. The van der Waals surface area contributed by atoms with Crippen LogP contribution >= 0.6 is 0 Å². The average molecular weight is 270 g/mol. The predicted molar refractivity (Wildman–Crippen MR) is 66.7 cm³/mol. The molecule has 6 heteroatoms. The van der Waals surface area contributed by atoms with Crippen LogP contribution in [0.2, 0.25) is 0 Å². The summed E-state index contributed by atoms with van der Waals surface area (Å²) >= 11 is 0. The van der Waals surface area contributed by atoms with Gasteiger partial charge in [-0.3, -0.25) is 9.69 Å². The lowest BCUT2D eigenvalue weighted by Crippen LogP contribution is -2.38. The molecule has 1 heterocycles. The molecule has 0 unspecified atom stereocenters. The fourth-order valence-corrected chi connectivity index (χ4v) is 2.28. The molecule has 1 aromatic carbocycles. The third kappa shape index (κ3) is 3.48. The summed E-state index contributed by atoms with van der Waals surface area (Å²) < 4.78 is 26.3. The average Bonchev–Trinajstić information content (AvgIpc) is 2.81. The number of carbonyl (C=O) groups excluding carboxylic acids is 1. The van der Waals surface area contributed by atoms with Crippen LogP contribution < -0.4 is 5.32 Å². The molecule has 0 radical (unpaired) electrons. The second-order valence-corrected chi connectivity index (χ2v) is 4.62. The van der Waals surface area contributed by atoms with Gasteiger partial charge < -0.3 is 10.4 Å². The lowest BCUT2D eigenvalue weighted by Gasteiger charge is -2.21. The number of nitrogens with one attached hydrogen (secondary N) is 1. The summed E-state index contributed by atoms with van der Waals surface area (Å²) in [7, 11) is 0. The molecular weight excluding hydrogens is 254 g/mol. The molecule has 1 atom stereocenters. The van der Waals surface area contributed by atoms with Crippen molar-refractivity contribution >= 4 is 11.6 Å². The summed E-state index contributed by atoms with van der Waals surface area (Å²) in [4.78, 5) is 13.6. The van der Waals surface area contributed by atoms with Gasteiger partial charge in [0.15, 0.2) is 0 Å². The number of carbonyl (C=O) groups is 1. The van der Waals surface area contributed by atoms with E-state index in [2.05, 4.69) is 5.32 Å². The van der Waals surface area contributed by atoms with Gasteiger partial charge in [0.1, 0.15) is 11.6 Å². The van der Waals surface area contributed by atoms with E-state index in [-0.39, 0.29) is 24.9 Å². The molecule has 0 aromatic heterocycles. The number of likely N-dealkylation sites (tertiary alicyclic amines) is 1. The molecule has 2 rings (SSSR count). The molecule has 104 valence electrons. The molecule has 1 fully saturated rings. The van der Waals surface area contributed by atoms with Gasteiger partial charge in [0, 0.05) is 12.1 Å². The molecule has 2 N–H and O–H groups in total. The molecule has 1 saturated heterocycles. The number of hydrogen-bond acceptors (Lipinski definition) is 3. The van der Waals surface area contributed by atoms with Crippen molar-refractivity contribution in [2.45, 2.75) is 18.9 Å². The highest BCUT2D eigenvalue weighted by atomic mass is 19.1. The van der Waals surface area contributed by atoms with Crippen LogP contribution in [0.3, 0.4) is 0 Å². The molecule has 0 spiro atoms. The van der Waals surface area contributed by atoms with E-state index in [0.29, 0.717) is 0 Å². The van der Waals surface area contributed by atoms with E-state index in [0.717, 1.165) is 37.6 Å². The third-order valence-electron chi connectivity index (χ3n) is 3.26. The Labute approximate surface area is 110 Å². The number of benzene rings is 1. The summed E-state index contributed by atoms with van der Waals surface area (Å²) in [6.07, 6.45) is 1.77. The first-order valence-corrected chi connectivity index (χ1v) is 6.20. The van der Waals surface area contributed by atoms with Crippen molar-refractivity contribution < 1.29 is 18.7 Å². The zero-order valence-corrected chi connectivity index (χ0v) is 10.4. The molecule has 1 amide bonds. The first-order chi connectivity index (χ1) is 9.10. The van der Waals surface area contributed by atoms with Crippen LogP contribution in [0, 0.1) is 11.6 Å². The summed E-state index contributed by atoms with van der Waals surface area (Å²) in [5.41, 5.74) is -0.162. The number of halogens is 2. The second kappa shape index (κ2) is 6.08. The van der Waals surface area contributed by atoms with Gasteiger partial charge in [0.25, 0.3) is 0 Å². The van der Waals surface area contributed by atoms with Crippen LogP contribution in [0.25, 0.3) is 0 Å². The minimum absolute atomic E-state index is 0.00159. The summed E-state index contributed by atoms with van der Waals surface area (Å²) in [6, 6.07) is 2.88. The molecular formula is C13H16F2N2O2. The number of rotatable bonds is 4. The highest BCUT2D eigenvalue weighted by Gasteiger charge is 2.25. The minimum atomic E-state index is -0.671. The zero-order valence-electron chi connectivity index (χ0n) is 10.4. The Kier molecular flexibility index (Phi) is 4.44. The fourth-order valence-electron chi connectivity index (χ4n) is 2.28. The highest BCUT2D eigenvalue weighted by Crippen LogP contribution is 2.18. The number of anilines is 1. The quantitative estimate of drug-likeness (QED) is 0.868. The number of hydrogen-bond donors (Lipinski definition) is 2. The van der Waals surface area contributed by atoms with Crippen molar-refractivity contribution in [1.29, 1.82) is 0 Å². The van der Waals surface area contributed by atoms with Crippen molar-refractivity contribution in [3.05, 3.63) is 29.8 Å². The van der Waals surface area contributed by atoms with E-state index in [1.54, 1.807) is 0 Å². The van der Waals surface area contributed by atoms with Crippen LogP contribution in [0.4, 0.5) is 14.5 Å². The SMILES string of the molecule is O=C(CN1CCC[C@@H]1CO)Nc1cc(F)ccc1F. The monoisotopic (exact) mass is 270 g/mol. The van der Waals surface area contributed by atoms with E-state index < -0.39 is 17.5 Å². The molecule has 4 nitrogen and oxygen atoms in total. The van der Waals surface area contributed by atoms with Crippen LogP contribution in [-0.2, 0) is 4.79 Å². The minimum Gasteiger partial charge on any atom is -0.395 e. The van der Waals surface area contributed by atoms with E-state index in [4.69, 9.17) is 5.11 Å². The van der Waals surface area contributed by atoms with E-state index in [1.807, 2.05) is 4.90 Å². The van der Waals surface area contributed by atoms with Gasteiger partial charge >= 0.3 is 0 Å². The maximum absolute atomic E-state index is 13.4. The largest absolute Gasteiger partial charge is 0.395 e. The molecule has 0 bridgehead atoms. The molecule has 1 aliphatic heterocycles. The lowest BCUT2D eigenvalue weighted by molar-refractivity contribution is -0.117. The Morgan fingerprint density at radius 2 is 2.26 bits per heavy atom. The molecule has 19 heavy (non-hydrogen) atoms. The van der Waals surface area contributed by atoms with Crippen LogP contribution in [-0.4, -0.2) is 41.7 Å². The Hall–Kier alpha value is -1.53. The molecule has 0 saturated carbocycles. The first kappa shape index (κ1) is 13.9. The predicted octanol–water partition coefficient (Wildman–Crippen LogP) is 1.36. The van der Waals surface area contributed by atoms with Gasteiger partial charge in [-0.25, -0.2) is 8.78 Å². The van der Waals surface area contributed by atoms with Crippen LogP contribution in [0.15, 0.2) is 18.2 Å². The standard InChI is InChI=1S/C13H16F2N2O2/c14-9-3-4-11(15)12(6-9)16-13(19)7-17-5-1-2-10(17)8-18/h3-4,6,10,18H,1-2,5,7-8H2,(H,16,19)/t10-/m1/s1. The lowest BCUT2D eigenvalue weighted by atomic mass is 10.2. The summed E-state index contributed by atoms with van der Waals surface area (Å²) in [6.45, 7) is 0.799. The molecule has 1 aromatic rings. The first-order valence-electron chi connectivity index (χ1n) is 6.20. The van der Waals surface area contributed by atoms with Gasteiger partial charge in [-0.1, -0.05) is 0 Å². The number of aliphatic hydroxyl groups excluding tert-OH is 1. The van der Waals surface area contributed by atoms with Crippen LogP contribution in [0.1, 0.15) is 12.8 Å². The van der Waals surface area contributed by atoms with Crippen molar-refractivity contribution in [2.24, 2.45) is 0 Å². The Balaban J connectivity index is 1.95.